The average molecular weight is 380 g/mol. The third kappa shape index (κ3) is 4.11. The van der Waals surface area contributed by atoms with E-state index >= 15 is 0 Å². The molecule has 0 fully saturated rings. The lowest BCUT2D eigenvalue weighted by Gasteiger charge is -2.08. The van der Waals surface area contributed by atoms with Gasteiger partial charge in [0.05, 0.1) is 17.9 Å². The molecule has 2 heterocycles. The summed E-state index contributed by atoms with van der Waals surface area (Å²) in [5, 5.41) is 14.0. The first kappa shape index (κ1) is 19.3. The maximum atomic E-state index is 12.7. The Bertz CT molecular complexity index is 1020. The molecule has 0 saturated heterocycles. The van der Waals surface area contributed by atoms with Crippen molar-refractivity contribution >= 4 is 17.5 Å². The van der Waals surface area contributed by atoms with Gasteiger partial charge in [-0.05, 0) is 44.5 Å². The van der Waals surface area contributed by atoms with Crippen LogP contribution in [0.1, 0.15) is 44.7 Å². The zero-order chi connectivity index (χ0) is 20.3. The highest BCUT2D eigenvalue weighted by molar-refractivity contribution is 6.08. The SMILES string of the molecule is CCn1cc(NC(=O)c2cccc(Cn3nc(C)cc3C)c2)c(C(=O)NC)n1. The first-order valence-electron chi connectivity index (χ1n) is 9.12. The van der Waals surface area contributed by atoms with E-state index in [0.29, 0.717) is 24.3 Å². The van der Waals surface area contributed by atoms with Crippen LogP contribution < -0.4 is 10.6 Å². The molecule has 2 amide bonds. The highest BCUT2D eigenvalue weighted by Crippen LogP contribution is 2.16. The zero-order valence-corrected chi connectivity index (χ0v) is 16.5. The van der Waals surface area contributed by atoms with E-state index in [4.69, 9.17) is 0 Å². The molecule has 0 aliphatic carbocycles. The second-order valence-electron chi connectivity index (χ2n) is 6.57. The van der Waals surface area contributed by atoms with Gasteiger partial charge in [-0.2, -0.15) is 10.2 Å². The van der Waals surface area contributed by atoms with Crippen molar-refractivity contribution in [2.45, 2.75) is 33.9 Å². The van der Waals surface area contributed by atoms with E-state index in [9.17, 15) is 9.59 Å². The molecule has 8 nitrogen and oxygen atoms in total. The topological polar surface area (TPSA) is 93.8 Å². The number of amides is 2. The molecule has 146 valence electrons. The molecule has 0 radical (unpaired) electrons. The molecule has 3 aromatic rings. The largest absolute Gasteiger partial charge is 0.354 e. The van der Waals surface area contributed by atoms with Crippen LogP contribution in [0.3, 0.4) is 0 Å². The number of rotatable bonds is 6. The summed E-state index contributed by atoms with van der Waals surface area (Å²) < 4.78 is 3.51. The highest BCUT2D eigenvalue weighted by atomic mass is 16.2. The van der Waals surface area contributed by atoms with Gasteiger partial charge >= 0.3 is 0 Å². The predicted octanol–water partition coefficient (Wildman–Crippen LogP) is 2.38. The number of carbonyl (C=O) groups excluding carboxylic acids is 2. The van der Waals surface area contributed by atoms with Gasteiger partial charge in [-0.15, -0.1) is 0 Å². The zero-order valence-electron chi connectivity index (χ0n) is 16.5. The molecule has 0 atom stereocenters. The number of anilines is 1. The average Bonchev–Trinajstić information content (AvgIpc) is 3.23. The second kappa shape index (κ2) is 8.08. The van der Waals surface area contributed by atoms with Crippen molar-refractivity contribution in [3.05, 3.63) is 64.7 Å². The Kier molecular flexibility index (Phi) is 5.58. The molecule has 1 aromatic carbocycles. The monoisotopic (exact) mass is 380 g/mol. The van der Waals surface area contributed by atoms with Crippen molar-refractivity contribution in [3.63, 3.8) is 0 Å². The Morgan fingerprint density at radius 2 is 1.89 bits per heavy atom. The summed E-state index contributed by atoms with van der Waals surface area (Å²) in [5.41, 5.74) is 4.07. The van der Waals surface area contributed by atoms with E-state index in [-0.39, 0.29) is 17.5 Å². The standard InChI is InChI=1S/C20H24N6O2/c1-5-25-12-17(18(24-25)20(28)21-4)22-19(27)16-8-6-7-15(10-16)11-26-14(3)9-13(2)23-26/h6-10,12H,5,11H2,1-4H3,(H,21,28)(H,22,27). The van der Waals surface area contributed by atoms with Crippen LogP contribution in [0.2, 0.25) is 0 Å². The molecule has 0 aliphatic rings. The van der Waals surface area contributed by atoms with Gasteiger partial charge in [0.2, 0.25) is 0 Å². The maximum absolute atomic E-state index is 12.7. The minimum Gasteiger partial charge on any atom is -0.354 e. The van der Waals surface area contributed by atoms with Crippen LogP contribution in [0.25, 0.3) is 0 Å². The van der Waals surface area contributed by atoms with Crippen LogP contribution >= 0.6 is 0 Å². The Labute approximate surface area is 163 Å². The number of hydrogen-bond acceptors (Lipinski definition) is 4. The summed E-state index contributed by atoms with van der Waals surface area (Å²) in [6.45, 7) is 7.04. The van der Waals surface area contributed by atoms with Crippen LogP contribution in [0.4, 0.5) is 5.69 Å². The Hall–Kier alpha value is -3.42. The van der Waals surface area contributed by atoms with E-state index in [2.05, 4.69) is 20.8 Å². The molecule has 0 unspecified atom stereocenters. The molecular weight excluding hydrogens is 356 g/mol. The Morgan fingerprint density at radius 3 is 2.54 bits per heavy atom. The maximum Gasteiger partial charge on any atom is 0.273 e. The van der Waals surface area contributed by atoms with Crippen molar-refractivity contribution in [2.24, 2.45) is 0 Å². The van der Waals surface area contributed by atoms with Crippen LogP contribution in [0, 0.1) is 13.8 Å². The number of aromatic nitrogens is 4. The fourth-order valence-electron chi connectivity index (χ4n) is 2.97. The van der Waals surface area contributed by atoms with E-state index < -0.39 is 0 Å². The molecule has 8 heteroatoms. The van der Waals surface area contributed by atoms with Gasteiger partial charge in [-0.1, -0.05) is 12.1 Å². The van der Waals surface area contributed by atoms with Gasteiger partial charge in [0, 0.05) is 31.0 Å². The van der Waals surface area contributed by atoms with E-state index in [0.717, 1.165) is 17.0 Å². The third-order valence-electron chi connectivity index (χ3n) is 4.40. The van der Waals surface area contributed by atoms with Crippen molar-refractivity contribution in [2.75, 3.05) is 12.4 Å². The highest BCUT2D eigenvalue weighted by Gasteiger charge is 2.18. The molecule has 2 N–H and O–H groups in total. The number of nitrogens with zero attached hydrogens (tertiary/aromatic N) is 4. The van der Waals surface area contributed by atoms with Crippen LogP contribution in [-0.2, 0) is 13.1 Å². The van der Waals surface area contributed by atoms with E-state index in [1.54, 1.807) is 16.9 Å². The second-order valence-corrected chi connectivity index (χ2v) is 6.57. The summed E-state index contributed by atoms with van der Waals surface area (Å²) in [4.78, 5) is 24.8. The van der Waals surface area contributed by atoms with E-state index in [1.165, 1.54) is 7.05 Å². The van der Waals surface area contributed by atoms with Gasteiger partial charge in [-0.25, -0.2) is 0 Å². The van der Waals surface area contributed by atoms with Gasteiger partial charge in [0.25, 0.3) is 11.8 Å². The number of hydrogen-bond donors (Lipinski definition) is 2. The van der Waals surface area contributed by atoms with Crippen molar-refractivity contribution in [3.8, 4) is 0 Å². The lowest BCUT2D eigenvalue weighted by Crippen LogP contribution is -2.21. The van der Waals surface area contributed by atoms with Crippen LogP contribution in [0.5, 0.6) is 0 Å². The third-order valence-corrected chi connectivity index (χ3v) is 4.40. The van der Waals surface area contributed by atoms with Crippen molar-refractivity contribution in [1.29, 1.82) is 0 Å². The molecule has 0 spiro atoms. The minimum absolute atomic E-state index is 0.191. The molecule has 28 heavy (non-hydrogen) atoms. The van der Waals surface area contributed by atoms with Crippen molar-refractivity contribution in [1.82, 2.24) is 24.9 Å². The van der Waals surface area contributed by atoms with Crippen LogP contribution in [-0.4, -0.2) is 38.4 Å². The fraction of sp³-hybridized carbons (Fsp3) is 0.300. The Balaban J connectivity index is 1.81. The number of aryl methyl sites for hydroxylation is 3. The number of benzene rings is 1. The molecule has 3 rings (SSSR count). The fourth-order valence-corrected chi connectivity index (χ4v) is 2.97. The lowest BCUT2D eigenvalue weighted by molar-refractivity contribution is 0.0958. The first-order chi connectivity index (χ1) is 13.4. The molecule has 0 aliphatic heterocycles. The van der Waals surface area contributed by atoms with Gasteiger partial charge < -0.3 is 10.6 Å². The lowest BCUT2D eigenvalue weighted by atomic mass is 10.1. The number of nitrogens with one attached hydrogen (secondary N) is 2. The van der Waals surface area contributed by atoms with Crippen molar-refractivity contribution < 1.29 is 9.59 Å². The molecule has 2 aromatic heterocycles. The molecular formula is C20H24N6O2. The van der Waals surface area contributed by atoms with Crippen LogP contribution in [0.15, 0.2) is 36.5 Å². The quantitative estimate of drug-likeness (QED) is 0.686. The summed E-state index contributed by atoms with van der Waals surface area (Å²) in [5.74, 6) is -0.642. The first-order valence-corrected chi connectivity index (χ1v) is 9.12. The molecule has 0 bridgehead atoms. The summed E-state index contributed by atoms with van der Waals surface area (Å²) in [6, 6.07) is 9.38. The summed E-state index contributed by atoms with van der Waals surface area (Å²) in [6.07, 6.45) is 1.65. The minimum atomic E-state index is -0.347. The predicted molar refractivity (Wildman–Crippen MR) is 106 cm³/mol. The van der Waals surface area contributed by atoms with Gasteiger partial charge in [0.15, 0.2) is 5.69 Å². The summed E-state index contributed by atoms with van der Waals surface area (Å²) >= 11 is 0. The normalized spacial score (nSPS) is 10.7. The summed E-state index contributed by atoms with van der Waals surface area (Å²) in [7, 11) is 1.53. The van der Waals surface area contributed by atoms with Gasteiger partial charge in [-0.3, -0.25) is 19.0 Å². The number of carbonyl (C=O) groups is 2. The Morgan fingerprint density at radius 1 is 1.11 bits per heavy atom. The van der Waals surface area contributed by atoms with Gasteiger partial charge in [0.1, 0.15) is 0 Å². The smallest absolute Gasteiger partial charge is 0.273 e. The molecule has 0 saturated carbocycles. The van der Waals surface area contributed by atoms with E-state index in [1.807, 2.05) is 49.7 Å².